The van der Waals surface area contributed by atoms with E-state index in [-0.39, 0.29) is 5.78 Å². The maximum absolute atomic E-state index is 13.5. The Morgan fingerprint density at radius 1 is 0.933 bits per heavy atom. The molecule has 5 nitrogen and oxygen atoms in total. The van der Waals surface area contributed by atoms with Crippen LogP contribution in [0.2, 0.25) is 0 Å². The smallest absolute Gasteiger partial charge is 0.203 e. The highest BCUT2D eigenvalue weighted by Gasteiger charge is 2.28. The largest absolute Gasteiger partial charge is 0.493 e. The van der Waals surface area contributed by atoms with Gasteiger partial charge < -0.3 is 14.2 Å². The summed E-state index contributed by atoms with van der Waals surface area (Å²) in [6.45, 7) is 3.95. The second kappa shape index (κ2) is 7.69. The van der Waals surface area contributed by atoms with Gasteiger partial charge in [0.05, 0.1) is 32.7 Å². The van der Waals surface area contributed by atoms with E-state index in [0.717, 1.165) is 38.1 Å². The van der Waals surface area contributed by atoms with Gasteiger partial charge in [-0.05, 0) is 61.4 Å². The number of carbonyl (C=O) groups is 1. The standard InChI is InChI=1S/C24H21BrNO4/c1-12-8-16(13(2)21-17-11-15(25)6-7-18(17)26-22(12)21)23(27)14-9-19(28-3)24(30-5)20(10-14)29-4/h6-11H,1-5H3. The molecule has 1 aliphatic rings. The molecular formula is C24H21BrNO4. The topological polar surface area (TPSA) is 58.9 Å². The molecule has 30 heavy (non-hydrogen) atoms. The molecular weight excluding hydrogens is 446 g/mol. The average molecular weight is 467 g/mol. The molecule has 0 saturated heterocycles. The van der Waals surface area contributed by atoms with Crippen molar-refractivity contribution in [2.75, 3.05) is 21.3 Å². The van der Waals surface area contributed by atoms with Crippen LogP contribution >= 0.6 is 15.9 Å². The van der Waals surface area contributed by atoms with Crippen molar-refractivity contribution in [1.82, 2.24) is 5.32 Å². The minimum absolute atomic E-state index is 0.110. The number of hydrogen-bond donors (Lipinski definition) is 0. The van der Waals surface area contributed by atoms with Gasteiger partial charge in [0, 0.05) is 26.7 Å². The van der Waals surface area contributed by atoms with Gasteiger partial charge in [-0.1, -0.05) is 15.9 Å². The molecule has 0 amide bonds. The van der Waals surface area contributed by atoms with E-state index in [1.165, 1.54) is 21.3 Å². The van der Waals surface area contributed by atoms with E-state index in [1.54, 1.807) is 12.1 Å². The number of carbonyl (C=O) groups excluding carboxylic acids is 1. The summed E-state index contributed by atoms with van der Waals surface area (Å²) in [5.74, 6) is 1.23. The Labute approximate surface area is 184 Å². The molecule has 0 fully saturated rings. The number of rotatable bonds is 5. The van der Waals surface area contributed by atoms with Gasteiger partial charge in [-0.25, -0.2) is 5.32 Å². The fourth-order valence-corrected chi connectivity index (χ4v) is 4.27. The van der Waals surface area contributed by atoms with Crippen molar-refractivity contribution in [1.29, 1.82) is 0 Å². The molecule has 3 aromatic rings. The van der Waals surface area contributed by atoms with E-state index >= 15 is 0 Å². The fourth-order valence-electron chi connectivity index (χ4n) is 3.91. The first-order valence-electron chi connectivity index (χ1n) is 9.40. The number of halogens is 1. The predicted molar refractivity (Wildman–Crippen MR) is 120 cm³/mol. The van der Waals surface area contributed by atoms with E-state index < -0.39 is 0 Å². The molecule has 1 aliphatic heterocycles. The summed E-state index contributed by atoms with van der Waals surface area (Å²) in [6.07, 6.45) is 0. The summed E-state index contributed by atoms with van der Waals surface area (Å²) < 4.78 is 17.2. The Morgan fingerprint density at radius 3 is 2.20 bits per heavy atom. The fraction of sp³-hybridized carbons (Fsp3) is 0.208. The zero-order chi connectivity index (χ0) is 21.6. The molecule has 6 heteroatoms. The van der Waals surface area contributed by atoms with Gasteiger partial charge in [0.1, 0.15) is 0 Å². The lowest BCUT2D eigenvalue weighted by atomic mass is 9.90. The molecule has 0 aliphatic carbocycles. The molecule has 0 bridgehead atoms. The van der Waals surface area contributed by atoms with Crippen molar-refractivity contribution in [3.05, 3.63) is 63.1 Å². The van der Waals surface area contributed by atoms with Gasteiger partial charge in [-0.15, -0.1) is 0 Å². The van der Waals surface area contributed by atoms with Crippen LogP contribution in [0.5, 0.6) is 17.2 Å². The minimum Gasteiger partial charge on any atom is -0.493 e. The summed E-state index contributed by atoms with van der Waals surface area (Å²) in [5, 5.41) is 4.78. The molecule has 1 heterocycles. The maximum atomic E-state index is 13.5. The van der Waals surface area contributed by atoms with Crippen molar-refractivity contribution in [2.45, 2.75) is 13.8 Å². The minimum atomic E-state index is -0.110. The number of methoxy groups -OCH3 is 3. The number of hydrogen-bond acceptors (Lipinski definition) is 4. The van der Waals surface area contributed by atoms with Gasteiger partial charge >= 0.3 is 0 Å². The molecule has 153 valence electrons. The van der Waals surface area contributed by atoms with Crippen LogP contribution in [0.25, 0.3) is 11.1 Å². The molecule has 0 unspecified atom stereocenters. The predicted octanol–water partition coefficient (Wildman–Crippen LogP) is 5.87. The molecule has 0 saturated carbocycles. The first-order valence-corrected chi connectivity index (χ1v) is 10.2. The number of aryl methyl sites for hydroxylation is 1. The number of fused-ring (bicyclic) bond motifs is 3. The second-order valence-electron chi connectivity index (χ2n) is 7.11. The molecule has 0 N–H and O–H groups in total. The lowest BCUT2D eigenvalue weighted by molar-refractivity contribution is 0.103. The first-order chi connectivity index (χ1) is 14.4. The molecule has 3 aromatic carbocycles. The van der Waals surface area contributed by atoms with Crippen LogP contribution < -0.4 is 19.5 Å². The summed E-state index contributed by atoms with van der Waals surface area (Å²) in [7, 11) is 4.61. The van der Waals surface area contributed by atoms with Crippen LogP contribution in [-0.2, 0) is 0 Å². The molecule has 4 rings (SSSR count). The second-order valence-corrected chi connectivity index (χ2v) is 8.02. The van der Waals surface area contributed by atoms with Gasteiger partial charge in [-0.2, -0.15) is 0 Å². The summed E-state index contributed by atoms with van der Waals surface area (Å²) >= 11 is 3.54. The van der Waals surface area contributed by atoms with Crippen molar-refractivity contribution >= 4 is 33.1 Å². The maximum Gasteiger partial charge on any atom is 0.203 e. The van der Waals surface area contributed by atoms with Crippen molar-refractivity contribution in [3.8, 4) is 28.4 Å². The van der Waals surface area contributed by atoms with Crippen LogP contribution in [-0.4, -0.2) is 27.1 Å². The number of benzene rings is 3. The Morgan fingerprint density at radius 2 is 1.60 bits per heavy atom. The Kier molecular flexibility index (Phi) is 5.20. The monoisotopic (exact) mass is 466 g/mol. The van der Waals surface area contributed by atoms with Gasteiger partial charge in [-0.3, -0.25) is 4.79 Å². The Hall–Kier alpha value is -2.99. The molecule has 0 aromatic heterocycles. The third kappa shape index (κ3) is 3.12. The normalized spacial score (nSPS) is 11.4. The van der Waals surface area contributed by atoms with E-state index in [0.29, 0.717) is 28.4 Å². The van der Waals surface area contributed by atoms with Gasteiger partial charge in [0.15, 0.2) is 17.3 Å². The van der Waals surface area contributed by atoms with Crippen LogP contribution in [0, 0.1) is 13.8 Å². The van der Waals surface area contributed by atoms with Gasteiger partial charge in [0.2, 0.25) is 5.75 Å². The molecule has 1 radical (unpaired) electrons. The summed E-state index contributed by atoms with van der Waals surface area (Å²) in [5.41, 5.74) is 6.81. The molecule has 0 spiro atoms. The number of ether oxygens (including phenoxy) is 3. The Balaban J connectivity index is 1.88. The number of ketones is 1. The summed E-state index contributed by atoms with van der Waals surface area (Å²) in [6, 6.07) is 11.3. The highest BCUT2D eigenvalue weighted by atomic mass is 79.9. The van der Waals surface area contributed by atoms with Crippen molar-refractivity contribution < 1.29 is 19.0 Å². The van der Waals surface area contributed by atoms with Crippen LogP contribution in [0.15, 0.2) is 40.9 Å². The van der Waals surface area contributed by atoms with Crippen molar-refractivity contribution in [2.24, 2.45) is 0 Å². The highest BCUT2D eigenvalue weighted by molar-refractivity contribution is 9.10. The molecule has 0 atom stereocenters. The zero-order valence-electron chi connectivity index (χ0n) is 17.4. The van der Waals surface area contributed by atoms with E-state index in [1.807, 2.05) is 38.1 Å². The highest BCUT2D eigenvalue weighted by Crippen LogP contribution is 2.48. The average Bonchev–Trinajstić information content (AvgIpc) is 3.14. The lowest BCUT2D eigenvalue weighted by Gasteiger charge is -2.16. The third-order valence-electron chi connectivity index (χ3n) is 5.38. The van der Waals surface area contributed by atoms with E-state index in [2.05, 4.69) is 15.9 Å². The quantitative estimate of drug-likeness (QED) is 0.345. The van der Waals surface area contributed by atoms with Crippen molar-refractivity contribution in [3.63, 3.8) is 0 Å². The SMILES string of the molecule is COc1cc(C(=O)c2cc(C)c3c(c2C)-c2cc(Br)ccc2[N]3)cc(OC)c1OC. The van der Waals surface area contributed by atoms with Crippen LogP contribution in [0.3, 0.4) is 0 Å². The first kappa shape index (κ1) is 20.3. The zero-order valence-corrected chi connectivity index (χ0v) is 19.0. The number of nitrogens with zero attached hydrogens (tertiary/aromatic N) is 1. The van der Waals surface area contributed by atoms with Gasteiger partial charge in [0.25, 0.3) is 0 Å². The van der Waals surface area contributed by atoms with Crippen LogP contribution in [0.1, 0.15) is 27.0 Å². The third-order valence-corrected chi connectivity index (χ3v) is 5.88. The van der Waals surface area contributed by atoms with E-state index in [4.69, 9.17) is 19.5 Å². The summed E-state index contributed by atoms with van der Waals surface area (Å²) in [4.78, 5) is 13.5. The van der Waals surface area contributed by atoms with E-state index in [9.17, 15) is 4.79 Å². The lowest BCUT2D eigenvalue weighted by Crippen LogP contribution is -2.07. The van der Waals surface area contributed by atoms with Crippen LogP contribution in [0.4, 0.5) is 11.4 Å². The Bertz CT molecular complexity index is 1160.